The number of rotatable bonds is 4. The first-order valence-electron chi connectivity index (χ1n) is 6.49. The molecule has 0 saturated carbocycles. The summed E-state index contributed by atoms with van der Waals surface area (Å²) in [7, 11) is 0. The minimum Gasteiger partial charge on any atom is -0.481 e. The van der Waals surface area contributed by atoms with Gasteiger partial charge in [0.1, 0.15) is 5.76 Å². The molecule has 0 aliphatic carbocycles. The number of carbonyl (C=O) groups excluding carboxylic acids is 1. The standard InChI is InChI=1S/C13H18N2O4S/c1-8-11(9(2)19-14-8)6-12(16)15-3-4-20-7-10(15)5-13(17)18/h10H,3-7H2,1-2H3,(H,17,18). The zero-order valence-electron chi connectivity index (χ0n) is 11.6. The van der Waals surface area contributed by atoms with Gasteiger partial charge in [0, 0.05) is 23.6 Å². The Morgan fingerprint density at radius 1 is 1.50 bits per heavy atom. The zero-order chi connectivity index (χ0) is 14.7. The second-order valence-electron chi connectivity index (χ2n) is 4.89. The van der Waals surface area contributed by atoms with E-state index < -0.39 is 5.97 Å². The quantitative estimate of drug-likeness (QED) is 0.900. The van der Waals surface area contributed by atoms with E-state index in [1.54, 1.807) is 30.5 Å². The first kappa shape index (κ1) is 14.9. The SMILES string of the molecule is Cc1noc(C)c1CC(=O)N1CCSCC1CC(=O)O. The van der Waals surface area contributed by atoms with Gasteiger partial charge >= 0.3 is 5.97 Å². The van der Waals surface area contributed by atoms with Gasteiger partial charge in [-0.2, -0.15) is 11.8 Å². The second kappa shape index (κ2) is 6.30. The molecule has 1 aliphatic heterocycles. The average molecular weight is 298 g/mol. The van der Waals surface area contributed by atoms with Crippen LogP contribution in [0.25, 0.3) is 0 Å². The Kier molecular flexibility index (Phi) is 4.69. The van der Waals surface area contributed by atoms with Crippen molar-refractivity contribution in [3.63, 3.8) is 0 Å². The van der Waals surface area contributed by atoms with Gasteiger partial charge < -0.3 is 14.5 Å². The van der Waals surface area contributed by atoms with Crippen LogP contribution in [0.5, 0.6) is 0 Å². The van der Waals surface area contributed by atoms with Crippen molar-refractivity contribution in [2.75, 3.05) is 18.1 Å². The molecule has 7 heteroatoms. The number of carboxylic acid groups (broad SMARTS) is 1. The highest BCUT2D eigenvalue weighted by Gasteiger charge is 2.29. The molecule has 0 aromatic carbocycles. The van der Waals surface area contributed by atoms with Gasteiger partial charge in [-0.3, -0.25) is 9.59 Å². The smallest absolute Gasteiger partial charge is 0.305 e. The second-order valence-corrected chi connectivity index (χ2v) is 6.04. The van der Waals surface area contributed by atoms with Crippen LogP contribution < -0.4 is 0 Å². The number of hydrogen-bond donors (Lipinski definition) is 1. The van der Waals surface area contributed by atoms with E-state index >= 15 is 0 Å². The van der Waals surface area contributed by atoms with Crippen molar-refractivity contribution in [3.8, 4) is 0 Å². The van der Waals surface area contributed by atoms with Gasteiger partial charge in [-0.25, -0.2) is 0 Å². The van der Waals surface area contributed by atoms with Gasteiger partial charge in [-0.1, -0.05) is 5.16 Å². The average Bonchev–Trinajstić information content (AvgIpc) is 2.70. The van der Waals surface area contributed by atoms with Crippen LogP contribution in [-0.4, -0.2) is 51.1 Å². The predicted octanol–water partition coefficient (Wildman–Crippen LogP) is 1.25. The maximum atomic E-state index is 12.4. The van der Waals surface area contributed by atoms with Gasteiger partial charge in [-0.15, -0.1) is 0 Å². The van der Waals surface area contributed by atoms with E-state index in [-0.39, 0.29) is 24.8 Å². The Labute approximate surface area is 121 Å². The highest BCUT2D eigenvalue weighted by atomic mass is 32.2. The largest absolute Gasteiger partial charge is 0.481 e. The minimum absolute atomic E-state index is 0.000338. The molecule has 6 nitrogen and oxygen atoms in total. The summed E-state index contributed by atoms with van der Waals surface area (Å²) in [5.41, 5.74) is 1.53. The van der Waals surface area contributed by atoms with Crippen molar-refractivity contribution in [1.82, 2.24) is 10.1 Å². The van der Waals surface area contributed by atoms with Crippen molar-refractivity contribution in [2.45, 2.75) is 32.7 Å². The summed E-state index contributed by atoms with van der Waals surface area (Å²) in [6, 6.07) is -0.223. The Morgan fingerprint density at radius 3 is 2.85 bits per heavy atom. The first-order chi connectivity index (χ1) is 9.49. The summed E-state index contributed by atoms with van der Waals surface area (Å²) in [6.07, 6.45) is 0.224. The minimum atomic E-state index is -0.868. The van der Waals surface area contributed by atoms with E-state index in [4.69, 9.17) is 9.63 Å². The van der Waals surface area contributed by atoms with Crippen molar-refractivity contribution in [3.05, 3.63) is 17.0 Å². The van der Waals surface area contributed by atoms with Crippen LogP contribution in [0.1, 0.15) is 23.4 Å². The maximum absolute atomic E-state index is 12.4. The summed E-state index contributed by atoms with van der Waals surface area (Å²) in [6.45, 7) is 4.19. The van der Waals surface area contributed by atoms with E-state index in [0.717, 1.165) is 17.0 Å². The van der Waals surface area contributed by atoms with Gasteiger partial charge in [0.15, 0.2) is 0 Å². The number of hydrogen-bond acceptors (Lipinski definition) is 5. The molecule has 0 radical (unpaired) electrons. The molecule has 1 amide bonds. The summed E-state index contributed by atoms with van der Waals surface area (Å²) in [4.78, 5) is 25.0. The highest BCUT2D eigenvalue weighted by molar-refractivity contribution is 7.99. The number of amides is 1. The molecule has 0 spiro atoms. The maximum Gasteiger partial charge on any atom is 0.305 e. The molecule has 110 valence electrons. The molecule has 2 rings (SSSR count). The van der Waals surface area contributed by atoms with Crippen molar-refractivity contribution >= 4 is 23.6 Å². The monoisotopic (exact) mass is 298 g/mol. The number of aryl methyl sites for hydroxylation is 2. The lowest BCUT2D eigenvalue weighted by Crippen LogP contribution is -2.47. The number of nitrogens with zero attached hydrogens (tertiary/aromatic N) is 2. The topological polar surface area (TPSA) is 83.6 Å². The van der Waals surface area contributed by atoms with Gasteiger partial charge in [0.2, 0.25) is 5.91 Å². The summed E-state index contributed by atoms with van der Waals surface area (Å²) >= 11 is 1.69. The van der Waals surface area contributed by atoms with Crippen LogP contribution in [0, 0.1) is 13.8 Å². The lowest BCUT2D eigenvalue weighted by molar-refractivity contribution is -0.140. The van der Waals surface area contributed by atoms with Gasteiger partial charge in [-0.05, 0) is 13.8 Å². The molecule has 1 N–H and O–H groups in total. The zero-order valence-corrected chi connectivity index (χ0v) is 12.4. The number of aliphatic carboxylic acids is 1. The third kappa shape index (κ3) is 3.33. The number of aromatic nitrogens is 1. The van der Waals surface area contributed by atoms with Crippen LogP contribution in [0.15, 0.2) is 4.52 Å². The highest BCUT2D eigenvalue weighted by Crippen LogP contribution is 2.21. The molecule has 1 aliphatic rings. The molecule has 1 aromatic rings. The molecule has 1 aromatic heterocycles. The predicted molar refractivity (Wildman–Crippen MR) is 74.8 cm³/mol. The van der Waals surface area contributed by atoms with Gasteiger partial charge in [0.25, 0.3) is 0 Å². The summed E-state index contributed by atoms with van der Waals surface area (Å²) in [5, 5.41) is 12.8. The third-order valence-electron chi connectivity index (χ3n) is 3.47. The number of carbonyl (C=O) groups is 2. The normalized spacial score (nSPS) is 19.1. The van der Waals surface area contributed by atoms with Crippen LogP contribution in [-0.2, 0) is 16.0 Å². The van der Waals surface area contributed by atoms with Crippen LogP contribution in [0.4, 0.5) is 0 Å². The number of carboxylic acids is 1. The lowest BCUT2D eigenvalue weighted by atomic mass is 10.1. The molecule has 1 saturated heterocycles. The molecule has 1 unspecified atom stereocenters. The van der Waals surface area contributed by atoms with Crippen molar-refractivity contribution in [1.29, 1.82) is 0 Å². The molecule has 2 heterocycles. The Morgan fingerprint density at radius 2 is 2.25 bits per heavy atom. The molecule has 1 fully saturated rings. The Balaban J connectivity index is 2.08. The molecule has 20 heavy (non-hydrogen) atoms. The Bertz CT molecular complexity index is 495. The summed E-state index contributed by atoms with van der Waals surface area (Å²) < 4.78 is 5.06. The summed E-state index contributed by atoms with van der Waals surface area (Å²) in [5.74, 6) is 1.26. The Hall–Kier alpha value is -1.50. The van der Waals surface area contributed by atoms with E-state index in [2.05, 4.69) is 5.16 Å². The fraction of sp³-hybridized carbons (Fsp3) is 0.615. The molecular weight excluding hydrogens is 280 g/mol. The van der Waals surface area contributed by atoms with E-state index in [9.17, 15) is 9.59 Å². The van der Waals surface area contributed by atoms with Gasteiger partial charge in [0.05, 0.1) is 24.6 Å². The third-order valence-corrected chi connectivity index (χ3v) is 4.56. The lowest BCUT2D eigenvalue weighted by Gasteiger charge is -2.34. The number of thioether (sulfide) groups is 1. The van der Waals surface area contributed by atoms with Crippen LogP contribution in [0.3, 0.4) is 0 Å². The van der Waals surface area contributed by atoms with Crippen molar-refractivity contribution < 1.29 is 19.2 Å². The van der Waals surface area contributed by atoms with E-state index in [0.29, 0.717) is 18.1 Å². The molecular formula is C13H18N2O4S. The van der Waals surface area contributed by atoms with E-state index in [1.165, 1.54) is 0 Å². The van der Waals surface area contributed by atoms with Crippen molar-refractivity contribution in [2.24, 2.45) is 0 Å². The van der Waals surface area contributed by atoms with E-state index in [1.807, 2.05) is 0 Å². The fourth-order valence-corrected chi connectivity index (χ4v) is 3.42. The fourth-order valence-electron chi connectivity index (χ4n) is 2.36. The molecule has 1 atom stereocenters. The molecule has 0 bridgehead atoms. The van der Waals surface area contributed by atoms with Crippen LogP contribution >= 0.6 is 11.8 Å². The first-order valence-corrected chi connectivity index (χ1v) is 7.65. The van der Waals surface area contributed by atoms with Crippen LogP contribution in [0.2, 0.25) is 0 Å².